The quantitative estimate of drug-likeness (QED) is 0.200. The van der Waals surface area contributed by atoms with Gasteiger partial charge in [-0.3, -0.25) is 4.79 Å². The van der Waals surface area contributed by atoms with Gasteiger partial charge in [0.2, 0.25) is 5.91 Å². The Balaban J connectivity index is 3.27. The molecule has 0 aliphatic carbocycles. The Morgan fingerprint density at radius 2 is 1.52 bits per heavy atom. The Kier molecular flexibility index (Phi) is 10.2. The smallest absolute Gasteiger partial charge is 0.359 e. The molecule has 0 bridgehead atoms. The summed E-state index contributed by atoms with van der Waals surface area (Å²) in [6.07, 6.45) is -1.83. The van der Waals surface area contributed by atoms with E-state index in [1.807, 2.05) is 67.8 Å². The third-order valence-corrected chi connectivity index (χ3v) is 5.68. The van der Waals surface area contributed by atoms with Gasteiger partial charge in [0, 0.05) is 14.1 Å². The van der Waals surface area contributed by atoms with Crippen molar-refractivity contribution >= 4 is 97.3 Å². The van der Waals surface area contributed by atoms with Gasteiger partial charge >= 0.3 is 17.9 Å². The number of ether oxygens (including phenoxy) is 3. The van der Waals surface area contributed by atoms with Crippen LogP contribution < -0.4 is 5.32 Å². The lowest BCUT2D eigenvalue weighted by molar-refractivity contribution is -0.168. The Morgan fingerprint density at radius 3 is 1.96 bits per heavy atom. The molecular formula is C16H16I3NO7. The number of hydrogen-bond acceptors (Lipinski definition) is 7. The molecule has 0 saturated heterocycles. The van der Waals surface area contributed by atoms with E-state index in [0.717, 1.165) is 3.57 Å². The first-order chi connectivity index (χ1) is 12.6. The molecule has 0 fully saturated rings. The minimum absolute atomic E-state index is 0.0115. The van der Waals surface area contributed by atoms with E-state index in [1.54, 1.807) is 19.9 Å². The lowest BCUT2D eigenvalue weighted by atomic mass is 10.2. The predicted octanol–water partition coefficient (Wildman–Crippen LogP) is 3.11. The zero-order chi connectivity index (χ0) is 20.7. The molecule has 148 valence electrons. The molecule has 1 aromatic rings. The normalized spacial score (nSPS) is 10.3. The number of carbonyl (C=O) groups excluding carboxylic acids is 4. The van der Waals surface area contributed by atoms with Gasteiger partial charge in [-0.25, -0.2) is 14.4 Å². The van der Waals surface area contributed by atoms with Crippen molar-refractivity contribution in [3.63, 3.8) is 0 Å². The van der Waals surface area contributed by atoms with Gasteiger partial charge in [-0.15, -0.1) is 0 Å². The van der Waals surface area contributed by atoms with Crippen LogP contribution in [0.4, 0.5) is 5.69 Å². The average Bonchev–Trinajstić information content (AvgIpc) is 2.56. The van der Waals surface area contributed by atoms with Crippen LogP contribution >= 0.6 is 67.8 Å². The number of nitrogens with one attached hydrogen (secondary N) is 1. The molecule has 1 rings (SSSR count). The first-order valence-corrected chi connectivity index (χ1v) is 10.9. The molecule has 0 saturated carbocycles. The summed E-state index contributed by atoms with van der Waals surface area (Å²) in [6.45, 7) is 4.49. The van der Waals surface area contributed by atoms with E-state index in [0.29, 0.717) is 12.8 Å². The van der Waals surface area contributed by atoms with Gasteiger partial charge in [0.1, 0.15) is 0 Å². The summed E-state index contributed by atoms with van der Waals surface area (Å²) in [5, 5.41) is 2.65. The SMILES string of the molecule is CCOC(=O)C(OC(=O)c1c(I)cc(I)c(NC(C)=O)c1I)C(=O)OCC. The second kappa shape index (κ2) is 11.3. The summed E-state index contributed by atoms with van der Waals surface area (Å²) < 4.78 is 16.4. The van der Waals surface area contributed by atoms with Gasteiger partial charge in [-0.1, -0.05) is 0 Å². The molecule has 0 spiro atoms. The fourth-order valence-electron chi connectivity index (χ4n) is 1.86. The Bertz CT molecular complexity index is 749. The zero-order valence-corrected chi connectivity index (χ0v) is 21.0. The highest BCUT2D eigenvalue weighted by Crippen LogP contribution is 2.32. The summed E-state index contributed by atoms with van der Waals surface area (Å²) in [5.41, 5.74) is 0.568. The van der Waals surface area contributed by atoms with Gasteiger partial charge in [0.05, 0.1) is 28.0 Å². The molecule has 0 radical (unpaired) electrons. The van der Waals surface area contributed by atoms with Crippen molar-refractivity contribution in [3.8, 4) is 0 Å². The summed E-state index contributed by atoms with van der Waals surface area (Å²) in [7, 11) is 0. The molecule has 1 aromatic carbocycles. The van der Waals surface area contributed by atoms with Crippen molar-refractivity contribution in [2.75, 3.05) is 18.5 Å². The maximum absolute atomic E-state index is 12.7. The van der Waals surface area contributed by atoms with E-state index in [1.165, 1.54) is 6.92 Å². The van der Waals surface area contributed by atoms with Crippen LogP contribution in [0.5, 0.6) is 0 Å². The zero-order valence-electron chi connectivity index (χ0n) is 14.6. The van der Waals surface area contributed by atoms with Gasteiger partial charge in [-0.05, 0) is 87.7 Å². The van der Waals surface area contributed by atoms with E-state index in [-0.39, 0.29) is 24.7 Å². The first kappa shape index (κ1) is 24.3. The maximum Gasteiger partial charge on any atom is 0.359 e. The summed E-state index contributed by atoms with van der Waals surface area (Å²) in [6, 6.07) is 1.68. The van der Waals surface area contributed by atoms with Crippen LogP contribution in [0.2, 0.25) is 0 Å². The molecule has 0 aliphatic rings. The van der Waals surface area contributed by atoms with E-state index >= 15 is 0 Å². The lowest BCUT2D eigenvalue weighted by Crippen LogP contribution is -2.38. The number of amides is 1. The molecule has 27 heavy (non-hydrogen) atoms. The molecule has 0 aromatic heterocycles. The van der Waals surface area contributed by atoms with Crippen molar-refractivity contribution in [2.24, 2.45) is 0 Å². The van der Waals surface area contributed by atoms with Crippen LogP contribution in [0.15, 0.2) is 6.07 Å². The third kappa shape index (κ3) is 6.69. The standard InChI is InChI=1S/C16H16I3NO7/c1-4-25-15(23)13(16(24)26-5-2)27-14(22)10-8(17)6-9(18)12(11(10)19)20-7(3)21/h6,13H,4-5H2,1-3H3,(H,20,21). The third-order valence-electron chi connectivity index (χ3n) is 2.90. The second-order valence-electron chi connectivity index (χ2n) is 4.87. The minimum Gasteiger partial charge on any atom is -0.463 e. The Morgan fingerprint density at radius 1 is 1.00 bits per heavy atom. The fraction of sp³-hybridized carbons (Fsp3) is 0.375. The lowest BCUT2D eigenvalue weighted by Gasteiger charge is -2.18. The van der Waals surface area contributed by atoms with Crippen molar-refractivity contribution in [1.29, 1.82) is 0 Å². The van der Waals surface area contributed by atoms with E-state index < -0.39 is 24.0 Å². The topological polar surface area (TPSA) is 108 Å². The number of halogens is 3. The highest BCUT2D eigenvalue weighted by molar-refractivity contribution is 14.1. The van der Waals surface area contributed by atoms with Crippen molar-refractivity contribution in [2.45, 2.75) is 26.9 Å². The molecule has 1 amide bonds. The van der Waals surface area contributed by atoms with Gasteiger partial charge in [0.15, 0.2) is 0 Å². The molecule has 0 atom stereocenters. The first-order valence-electron chi connectivity index (χ1n) is 7.63. The predicted molar refractivity (Wildman–Crippen MR) is 121 cm³/mol. The monoisotopic (exact) mass is 715 g/mol. The van der Waals surface area contributed by atoms with E-state index in [2.05, 4.69) is 5.32 Å². The van der Waals surface area contributed by atoms with Crippen LogP contribution in [0.25, 0.3) is 0 Å². The molecule has 0 aliphatic heterocycles. The Hall–Kier alpha value is -0.710. The average molecular weight is 715 g/mol. The summed E-state index contributed by atoms with van der Waals surface area (Å²) in [5.74, 6) is -3.23. The van der Waals surface area contributed by atoms with Crippen LogP contribution in [-0.2, 0) is 28.6 Å². The summed E-state index contributed by atoms with van der Waals surface area (Å²) in [4.78, 5) is 48.1. The molecule has 0 unspecified atom stereocenters. The van der Waals surface area contributed by atoms with Crippen LogP contribution in [0, 0.1) is 10.7 Å². The minimum atomic E-state index is -1.83. The van der Waals surface area contributed by atoms with E-state index in [9.17, 15) is 19.2 Å². The van der Waals surface area contributed by atoms with Crippen LogP contribution in [0.1, 0.15) is 31.1 Å². The van der Waals surface area contributed by atoms with E-state index in [4.69, 9.17) is 14.2 Å². The highest BCUT2D eigenvalue weighted by Gasteiger charge is 2.35. The van der Waals surface area contributed by atoms with Crippen molar-refractivity contribution in [3.05, 3.63) is 22.3 Å². The van der Waals surface area contributed by atoms with Crippen LogP contribution in [-0.4, -0.2) is 43.1 Å². The van der Waals surface area contributed by atoms with Gasteiger partial charge in [-0.2, -0.15) is 0 Å². The second-order valence-corrected chi connectivity index (χ2v) is 8.28. The summed E-state index contributed by atoms with van der Waals surface area (Å²) >= 11 is 5.86. The molecular weight excluding hydrogens is 699 g/mol. The van der Waals surface area contributed by atoms with Gasteiger partial charge in [0.25, 0.3) is 6.10 Å². The highest BCUT2D eigenvalue weighted by atomic mass is 127. The molecule has 11 heteroatoms. The molecule has 8 nitrogen and oxygen atoms in total. The van der Waals surface area contributed by atoms with Crippen molar-refractivity contribution in [1.82, 2.24) is 0 Å². The van der Waals surface area contributed by atoms with Gasteiger partial charge < -0.3 is 19.5 Å². The number of rotatable bonds is 7. The molecule has 0 heterocycles. The number of hydrogen-bond donors (Lipinski definition) is 1. The number of anilines is 1. The molecule has 1 N–H and O–H groups in total. The fourth-order valence-corrected chi connectivity index (χ4v) is 5.94. The van der Waals surface area contributed by atoms with Crippen molar-refractivity contribution < 1.29 is 33.4 Å². The largest absolute Gasteiger partial charge is 0.463 e. The number of carbonyl (C=O) groups is 4. The number of benzene rings is 1. The van der Waals surface area contributed by atoms with Crippen LogP contribution in [0.3, 0.4) is 0 Å². The Labute approximate surface area is 196 Å². The maximum atomic E-state index is 12.7. The number of esters is 3.